The lowest BCUT2D eigenvalue weighted by Gasteiger charge is -2.23. The van der Waals surface area contributed by atoms with Gasteiger partial charge in [-0.25, -0.2) is 0 Å². The summed E-state index contributed by atoms with van der Waals surface area (Å²) in [7, 11) is 3.20. The second kappa shape index (κ2) is 7.13. The molecule has 1 saturated heterocycles. The lowest BCUT2D eigenvalue weighted by molar-refractivity contribution is 0.238. The minimum Gasteiger partial charge on any atom is -0.481 e. The van der Waals surface area contributed by atoms with Crippen LogP contribution in [-0.4, -0.2) is 54.8 Å². The summed E-state index contributed by atoms with van der Waals surface area (Å²) in [6.45, 7) is 3.33. The molecule has 22 heavy (non-hydrogen) atoms. The fourth-order valence-corrected chi connectivity index (χ4v) is 3.56. The number of anilines is 1. The largest absolute Gasteiger partial charge is 0.481 e. The third-order valence-corrected chi connectivity index (χ3v) is 4.80. The predicted octanol–water partition coefficient (Wildman–Crippen LogP) is 2.17. The molecule has 0 radical (unpaired) electrons. The van der Waals surface area contributed by atoms with E-state index in [1.165, 1.54) is 45.2 Å². The van der Waals surface area contributed by atoms with Crippen LogP contribution in [0.4, 0.5) is 5.95 Å². The molecule has 1 atom stereocenters. The number of rotatable bonds is 6. The highest BCUT2D eigenvalue weighted by Gasteiger charge is 2.29. The molecule has 2 fully saturated rings. The van der Waals surface area contributed by atoms with Gasteiger partial charge in [0, 0.05) is 19.1 Å². The Balaban J connectivity index is 1.52. The first-order valence-electron chi connectivity index (χ1n) is 8.23. The predicted molar refractivity (Wildman–Crippen MR) is 85.6 cm³/mol. The molecule has 0 bridgehead atoms. The Hall–Kier alpha value is -1.56. The van der Waals surface area contributed by atoms with Crippen molar-refractivity contribution >= 4 is 5.95 Å². The lowest BCUT2D eigenvalue weighted by Crippen LogP contribution is -2.31. The number of nitrogens with one attached hydrogen (secondary N) is 1. The highest BCUT2D eigenvalue weighted by molar-refractivity contribution is 5.33. The zero-order valence-corrected chi connectivity index (χ0v) is 13.5. The van der Waals surface area contributed by atoms with Gasteiger partial charge in [-0.2, -0.15) is 9.97 Å². The Labute approximate surface area is 132 Å². The summed E-state index contributed by atoms with van der Waals surface area (Å²) in [4.78, 5) is 11.3. The molecule has 6 nitrogen and oxygen atoms in total. The minimum absolute atomic E-state index is 0.522. The monoisotopic (exact) mass is 306 g/mol. The van der Waals surface area contributed by atoms with Gasteiger partial charge in [0.15, 0.2) is 0 Å². The Bertz CT molecular complexity index is 469. The number of likely N-dealkylation sites (tertiary alicyclic amines) is 1. The van der Waals surface area contributed by atoms with Gasteiger partial charge in [-0.15, -0.1) is 0 Å². The summed E-state index contributed by atoms with van der Waals surface area (Å²) in [5.41, 5.74) is 0. The van der Waals surface area contributed by atoms with Gasteiger partial charge in [0.25, 0.3) is 0 Å². The van der Waals surface area contributed by atoms with Gasteiger partial charge in [-0.3, -0.25) is 0 Å². The van der Waals surface area contributed by atoms with Gasteiger partial charge in [0.1, 0.15) is 0 Å². The maximum absolute atomic E-state index is 5.17. The molecule has 1 aliphatic heterocycles. The van der Waals surface area contributed by atoms with E-state index in [2.05, 4.69) is 20.2 Å². The molecular formula is C16H26N4O2. The summed E-state index contributed by atoms with van der Waals surface area (Å²) in [5, 5.41) is 3.34. The van der Waals surface area contributed by atoms with E-state index in [1.54, 1.807) is 20.3 Å². The van der Waals surface area contributed by atoms with E-state index in [0.29, 0.717) is 23.6 Å². The van der Waals surface area contributed by atoms with Gasteiger partial charge in [0.05, 0.1) is 20.3 Å². The summed E-state index contributed by atoms with van der Waals surface area (Å²) in [6, 6.07) is 2.51. The van der Waals surface area contributed by atoms with Crippen molar-refractivity contribution in [2.45, 2.75) is 38.1 Å². The maximum Gasteiger partial charge on any atom is 0.229 e. The zero-order chi connectivity index (χ0) is 15.4. The van der Waals surface area contributed by atoms with E-state index in [-0.39, 0.29) is 0 Å². The van der Waals surface area contributed by atoms with Crippen LogP contribution in [0.2, 0.25) is 0 Å². The zero-order valence-electron chi connectivity index (χ0n) is 13.5. The van der Waals surface area contributed by atoms with E-state index in [9.17, 15) is 0 Å². The molecular weight excluding hydrogens is 280 g/mol. The Morgan fingerprint density at radius 1 is 1.14 bits per heavy atom. The molecule has 6 heteroatoms. The van der Waals surface area contributed by atoms with Crippen molar-refractivity contribution in [2.75, 3.05) is 39.2 Å². The summed E-state index contributed by atoms with van der Waals surface area (Å²) in [6.07, 6.45) is 6.83. The SMILES string of the molecule is COc1cc(OC)nc(NC[C@@H]2CCN(C3CCCC3)C2)n1. The number of hydrogen-bond acceptors (Lipinski definition) is 6. The van der Waals surface area contributed by atoms with Crippen LogP contribution in [0.25, 0.3) is 0 Å². The first kappa shape index (κ1) is 15.3. The number of nitrogens with zero attached hydrogens (tertiary/aromatic N) is 3. The van der Waals surface area contributed by atoms with Gasteiger partial charge >= 0.3 is 0 Å². The summed E-state index contributed by atoms with van der Waals surface area (Å²) >= 11 is 0. The van der Waals surface area contributed by atoms with Gasteiger partial charge in [-0.05, 0) is 31.7 Å². The third kappa shape index (κ3) is 3.61. The van der Waals surface area contributed by atoms with E-state index in [1.807, 2.05) is 0 Å². The molecule has 0 aromatic carbocycles. The fourth-order valence-electron chi connectivity index (χ4n) is 3.56. The number of aromatic nitrogens is 2. The highest BCUT2D eigenvalue weighted by Crippen LogP contribution is 2.28. The molecule has 1 aromatic rings. The molecule has 1 saturated carbocycles. The fraction of sp³-hybridized carbons (Fsp3) is 0.750. The van der Waals surface area contributed by atoms with Crippen molar-refractivity contribution in [3.8, 4) is 11.8 Å². The third-order valence-electron chi connectivity index (χ3n) is 4.80. The standard InChI is InChI=1S/C16H26N4O2/c1-21-14-9-15(22-2)19-16(18-14)17-10-12-7-8-20(11-12)13-5-3-4-6-13/h9,12-13H,3-8,10-11H2,1-2H3,(H,17,18,19)/t12-/m0/s1. The average molecular weight is 306 g/mol. The van der Waals surface area contributed by atoms with Gasteiger partial charge in [0.2, 0.25) is 17.7 Å². The normalized spacial score (nSPS) is 22.9. The van der Waals surface area contributed by atoms with Crippen LogP contribution in [0.5, 0.6) is 11.8 Å². The van der Waals surface area contributed by atoms with Crippen LogP contribution >= 0.6 is 0 Å². The van der Waals surface area contributed by atoms with Crippen molar-refractivity contribution in [1.29, 1.82) is 0 Å². The topological polar surface area (TPSA) is 59.5 Å². The van der Waals surface area contributed by atoms with Crippen molar-refractivity contribution in [3.05, 3.63) is 6.07 Å². The first-order chi connectivity index (χ1) is 10.8. The molecule has 1 aromatic heterocycles. The molecule has 3 rings (SSSR count). The maximum atomic E-state index is 5.17. The van der Waals surface area contributed by atoms with Crippen LogP contribution < -0.4 is 14.8 Å². The molecule has 0 unspecified atom stereocenters. The smallest absolute Gasteiger partial charge is 0.229 e. The second-order valence-corrected chi connectivity index (χ2v) is 6.25. The van der Waals surface area contributed by atoms with E-state index in [4.69, 9.17) is 9.47 Å². The van der Waals surface area contributed by atoms with Gasteiger partial charge in [-0.1, -0.05) is 12.8 Å². The molecule has 1 N–H and O–H groups in total. The quantitative estimate of drug-likeness (QED) is 0.869. The first-order valence-corrected chi connectivity index (χ1v) is 8.23. The van der Waals surface area contributed by atoms with Crippen molar-refractivity contribution in [3.63, 3.8) is 0 Å². The van der Waals surface area contributed by atoms with E-state index >= 15 is 0 Å². The molecule has 2 heterocycles. The average Bonchev–Trinajstić information content (AvgIpc) is 3.23. The van der Waals surface area contributed by atoms with E-state index in [0.717, 1.165) is 12.6 Å². The second-order valence-electron chi connectivity index (χ2n) is 6.25. The van der Waals surface area contributed by atoms with Gasteiger partial charge < -0.3 is 19.7 Å². The molecule has 2 aliphatic rings. The Kier molecular flexibility index (Phi) is 4.97. The Morgan fingerprint density at radius 2 is 1.82 bits per heavy atom. The highest BCUT2D eigenvalue weighted by atomic mass is 16.5. The van der Waals surface area contributed by atoms with E-state index < -0.39 is 0 Å². The van der Waals surface area contributed by atoms with Crippen molar-refractivity contribution in [2.24, 2.45) is 5.92 Å². The molecule has 0 amide bonds. The molecule has 122 valence electrons. The summed E-state index contributed by atoms with van der Waals surface area (Å²) in [5.74, 6) is 2.29. The molecule has 1 aliphatic carbocycles. The molecule has 0 spiro atoms. The van der Waals surface area contributed by atoms with Crippen LogP contribution in [-0.2, 0) is 0 Å². The van der Waals surface area contributed by atoms with Crippen LogP contribution in [0.3, 0.4) is 0 Å². The number of hydrogen-bond donors (Lipinski definition) is 1. The number of methoxy groups -OCH3 is 2. The number of ether oxygens (including phenoxy) is 2. The Morgan fingerprint density at radius 3 is 2.45 bits per heavy atom. The van der Waals surface area contributed by atoms with Crippen LogP contribution in [0.1, 0.15) is 32.1 Å². The van der Waals surface area contributed by atoms with Crippen LogP contribution in [0, 0.1) is 5.92 Å². The van der Waals surface area contributed by atoms with Crippen molar-refractivity contribution in [1.82, 2.24) is 14.9 Å². The summed E-state index contributed by atoms with van der Waals surface area (Å²) < 4.78 is 10.3. The minimum atomic E-state index is 0.522. The lowest BCUT2D eigenvalue weighted by atomic mass is 10.1. The van der Waals surface area contributed by atoms with Crippen LogP contribution in [0.15, 0.2) is 6.07 Å². The van der Waals surface area contributed by atoms with Crippen molar-refractivity contribution < 1.29 is 9.47 Å².